The lowest BCUT2D eigenvalue weighted by Gasteiger charge is -2.24. The second kappa shape index (κ2) is 4.32. The molecule has 0 amide bonds. The Bertz CT molecular complexity index is 582. The summed E-state index contributed by atoms with van der Waals surface area (Å²) in [4.78, 5) is 3.45. The lowest BCUT2D eigenvalue weighted by molar-refractivity contribution is 0.419. The second-order valence-electron chi connectivity index (χ2n) is 5.55. The SMILES string of the molecule is COc1ccc(C)c2c(C(C)(C)CN)c(C)[nH]c12. The van der Waals surface area contributed by atoms with E-state index in [2.05, 4.69) is 38.7 Å². The van der Waals surface area contributed by atoms with Crippen molar-refractivity contribution >= 4 is 10.9 Å². The van der Waals surface area contributed by atoms with Crippen molar-refractivity contribution in [3.8, 4) is 5.75 Å². The van der Waals surface area contributed by atoms with Gasteiger partial charge in [0, 0.05) is 23.0 Å². The molecule has 0 saturated carbocycles. The Hall–Kier alpha value is -1.48. The van der Waals surface area contributed by atoms with Crippen molar-refractivity contribution in [2.75, 3.05) is 13.7 Å². The molecule has 98 valence electrons. The zero-order valence-corrected chi connectivity index (χ0v) is 11.8. The third-order valence-electron chi connectivity index (χ3n) is 3.72. The maximum atomic E-state index is 5.93. The second-order valence-corrected chi connectivity index (χ2v) is 5.55. The first-order chi connectivity index (χ1) is 8.42. The molecule has 2 aromatic rings. The van der Waals surface area contributed by atoms with Gasteiger partial charge in [0.2, 0.25) is 0 Å². The van der Waals surface area contributed by atoms with Crippen LogP contribution in [0.1, 0.15) is 30.7 Å². The smallest absolute Gasteiger partial charge is 0.142 e. The van der Waals surface area contributed by atoms with E-state index in [4.69, 9.17) is 10.5 Å². The van der Waals surface area contributed by atoms with Crippen molar-refractivity contribution in [1.29, 1.82) is 0 Å². The standard InChI is InChI=1S/C15H22N2O/c1-9-6-7-11(18-5)14-12(9)13(10(2)17-14)15(3,4)8-16/h6-7,17H,8,16H2,1-5H3. The van der Waals surface area contributed by atoms with Gasteiger partial charge in [0.1, 0.15) is 5.75 Å². The molecule has 3 nitrogen and oxygen atoms in total. The van der Waals surface area contributed by atoms with E-state index in [9.17, 15) is 0 Å². The molecule has 1 aromatic carbocycles. The molecule has 0 aliphatic heterocycles. The molecule has 0 aliphatic rings. The molecule has 0 aliphatic carbocycles. The summed E-state index contributed by atoms with van der Waals surface area (Å²) in [7, 11) is 1.70. The van der Waals surface area contributed by atoms with Gasteiger partial charge in [0.15, 0.2) is 0 Å². The van der Waals surface area contributed by atoms with Crippen molar-refractivity contribution in [2.24, 2.45) is 5.73 Å². The number of methoxy groups -OCH3 is 1. The Morgan fingerprint density at radius 2 is 1.94 bits per heavy atom. The van der Waals surface area contributed by atoms with Gasteiger partial charge in [-0.15, -0.1) is 0 Å². The predicted octanol–water partition coefficient (Wildman–Crippen LogP) is 3.03. The van der Waals surface area contributed by atoms with Gasteiger partial charge in [-0.1, -0.05) is 19.9 Å². The van der Waals surface area contributed by atoms with Crippen LogP contribution in [-0.2, 0) is 5.41 Å². The van der Waals surface area contributed by atoms with E-state index in [0.717, 1.165) is 11.3 Å². The summed E-state index contributed by atoms with van der Waals surface area (Å²) in [5.74, 6) is 0.887. The molecule has 2 rings (SSSR count). The molecule has 0 unspecified atom stereocenters. The number of hydrogen-bond acceptors (Lipinski definition) is 2. The minimum Gasteiger partial charge on any atom is -0.495 e. The van der Waals surface area contributed by atoms with Crippen molar-refractivity contribution in [1.82, 2.24) is 4.98 Å². The van der Waals surface area contributed by atoms with Gasteiger partial charge < -0.3 is 15.5 Å². The van der Waals surface area contributed by atoms with Crippen LogP contribution < -0.4 is 10.5 Å². The summed E-state index contributed by atoms with van der Waals surface area (Å²) in [6.45, 7) is 9.22. The van der Waals surface area contributed by atoms with Crippen LogP contribution in [0.15, 0.2) is 12.1 Å². The lowest BCUT2D eigenvalue weighted by atomic mass is 9.82. The summed E-state index contributed by atoms with van der Waals surface area (Å²) in [5, 5.41) is 1.25. The molecule has 0 saturated heterocycles. The van der Waals surface area contributed by atoms with Gasteiger partial charge in [-0.3, -0.25) is 0 Å². The fourth-order valence-corrected chi connectivity index (χ4v) is 2.69. The van der Waals surface area contributed by atoms with E-state index in [0.29, 0.717) is 6.54 Å². The Labute approximate surface area is 108 Å². The Morgan fingerprint density at radius 1 is 1.28 bits per heavy atom. The molecule has 3 heteroatoms. The van der Waals surface area contributed by atoms with Crippen LogP contribution in [0.3, 0.4) is 0 Å². The van der Waals surface area contributed by atoms with Crippen LogP contribution in [0.4, 0.5) is 0 Å². The monoisotopic (exact) mass is 246 g/mol. The van der Waals surface area contributed by atoms with E-state index in [1.807, 2.05) is 6.07 Å². The fourth-order valence-electron chi connectivity index (χ4n) is 2.69. The number of rotatable bonds is 3. The summed E-state index contributed by atoms with van der Waals surface area (Å²) in [6, 6.07) is 4.11. The van der Waals surface area contributed by atoms with Crippen molar-refractivity contribution in [3.05, 3.63) is 29.0 Å². The van der Waals surface area contributed by atoms with Crippen LogP contribution in [-0.4, -0.2) is 18.6 Å². The van der Waals surface area contributed by atoms with Crippen molar-refractivity contribution < 1.29 is 4.74 Å². The van der Waals surface area contributed by atoms with Gasteiger partial charge in [-0.05, 0) is 31.0 Å². The molecule has 0 fully saturated rings. The number of aromatic amines is 1. The van der Waals surface area contributed by atoms with Crippen molar-refractivity contribution in [2.45, 2.75) is 33.1 Å². The van der Waals surface area contributed by atoms with E-state index < -0.39 is 0 Å². The van der Waals surface area contributed by atoms with E-state index in [1.54, 1.807) is 7.11 Å². The maximum absolute atomic E-state index is 5.93. The largest absolute Gasteiger partial charge is 0.495 e. The highest BCUT2D eigenvalue weighted by molar-refractivity contribution is 5.93. The minimum absolute atomic E-state index is 0.0422. The van der Waals surface area contributed by atoms with E-state index >= 15 is 0 Å². The third kappa shape index (κ3) is 1.79. The molecule has 0 spiro atoms. The topological polar surface area (TPSA) is 51.0 Å². The number of H-pyrrole nitrogens is 1. The van der Waals surface area contributed by atoms with Gasteiger partial charge >= 0.3 is 0 Å². The highest BCUT2D eigenvalue weighted by Crippen LogP contribution is 2.38. The zero-order chi connectivity index (χ0) is 13.5. The average Bonchev–Trinajstić information content (AvgIpc) is 2.68. The molecule has 18 heavy (non-hydrogen) atoms. The summed E-state index contributed by atoms with van der Waals surface area (Å²) < 4.78 is 5.43. The quantitative estimate of drug-likeness (QED) is 0.874. The maximum Gasteiger partial charge on any atom is 0.142 e. The fraction of sp³-hybridized carbons (Fsp3) is 0.467. The number of ether oxygens (including phenoxy) is 1. The van der Waals surface area contributed by atoms with Crippen LogP contribution >= 0.6 is 0 Å². The van der Waals surface area contributed by atoms with E-state index in [1.165, 1.54) is 22.2 Å². The number of nitrogens with one attached hydrogen (secondary N) is 1. The predicted molar refractivity (Wildman–Crippen MR) is 76.4 cm³/mol. The first kappa shape index (κ1) is 13.0. The van der Waals surface area contributed by atoms with Crippen LogP contribution in [0.25, 0.3) is 10.9 Å². The third-order valence-corrected chi connectivity index (χ3v) is 3.72. The zero-order valence-electron chi connectivity index (χ0n) is 11.8. The molecule has 3 N–H and O–H groups in total. The molecular weight excluding hydrogens is 224 g/mol. The van der Waals surface area contributed by atoms with Gasteiger partial charge in [0.05, 0.1) is 12.6 Å². The van der Waals surface area contributed by atoms with Crippen molar-refractivity contribution in [3.63, 3.8) is 0 Å². The number of nitrogens with two attached hydrogens (primary N) is 1. The Morgan fingerprint density at radius 3 is 2.50 bits per heavy atom. The number of benzene rings is 1. The van der Waals surface area contributed by atoms with Crippen LogP contribution in [0.2, 0.25) is 0 Å². The summed E-state index contributed by atoms with van der Waals surface area (Å²) in [6.07, 6.45) is 0. The molecule has 0 radical (unpaired) electrons. The minimum atomic E-state index is -0.0422. The lowest BCUT2D eigenvalue weighted by Crippen LogP contribution is -2.28. The molecule has 1 aromatic heterocycles. The first-order valence-corrected chi connectivity index (χ1v) is 6.28. The highest BCUT2D eigenvalue weighted by atomic mass is 16.5. The van der Waals surface area contributed by atoms with Crippen LogP contribution in [0, 0.1) is 13.8 Å². The molecule has 0 bridgehead atoms. The van der Waals surface area contributed by atoms with E-state index in [-0.39, 0.29) is 5.41 Å². The Balaban J connectivity index is 2.87. The van der Waals surface area contributed by atoms with Gasteiger partial charge in [0.25, 0.3) is 0 Å². The summed E-state index contributed by atoms with van der Waals surface area (Å²) in [5.41, 5.74) is 10.7. The highest BCUT2D eigenvalue weighted by Gasteiger charge is 2.26. The summed E-state index contributed by atoms with van der Waals surface area (Å²) >= 11 is 0. The molecule has 1 heterocycles. The van der Waals surface area contributed by atoms with Gasteiger partial charge in [-0.25, -0.2) is 0 Å². The number of aryl methyl sites for hydroxylation is 2. The number of aromatic nitrogens is 1. The first-order valence-electron chi connectivity index (χ1n) is 6.28. The number of fused-ring (bicyclic) bond motifs is 1. The normalized spacial score (nSPS) is 12.1. The molecular formula is C15H22N2O. The van der Waals surface area contributed by atoms with Crippen LogP contribution in [0.5, 0.6) is 5.75 Å². The van der Waals surface area contributed by atoms with Gasteiger partial charge in [-0.2, -0.15) is 0 Å². The number of hydrogen-bond donors (Lipinski definition) is 2. The Kier molecular flexibility index (Phi) is 3.11. The average molecular weight is 246 g/mol. The molecule has 0 atom stereocenters.